The lowest BCUT2D eigenvalue weighted by molar-refractivity contribution is 0.410. The molecule has 2 aromatic rings. The van der Waals surface area contributed by atoms with Crippen LogP contribution >= 0.6 is 12.6 Å². The second-order valence-corrected chi connectivity index (χ2v) is 4.08. The van der Waals surface area contributed by atoms with Crippen LogP contribution in [0.3, 0.4) is 0 Å². The molecule has 0 saturated heterocycles. The highest BCUT2D eigenvalue weighted by molar-refractivity contribution is 7.80. The topological polar surface area (TPSA) is 34.1 Å². The molecule has 1 aromatic carbocycles. The van der Waals surface area contributed by atoms with Crippen molar-refractivity contribution in [1.82, 2.24) is 4.98 Å². The van der Waals surface area contributed by atoms with E-state index in [2.05, 4.69) is 22.9 Å². The van der Waals surface area contributed by atoms with Crippen molar-refractivity contribution in [3.63, 3.8) is 0 Å². The summed E-state index contributed by atoms with van der Waals surface area (Å²) < 4.78 is 5.28. The first-order chi connectivity index (χ1) is 8.29. The van der Waals surface area contributed by atoms with Gasteiger partial charge in [-0.1, -0.05) is 18.2 Å². The molecule has 4 heteroatoms. The van der Waals surface area contributed by atoms with Crippen LogP contribution in [0.1, 0.15) is 5.56 Å². The molecule has 0 fully saturated rings. The smallest absolute Gasteiger partial charge is 0.126 e. The lowest BCUT2D eigenvalue weighted by Crippen LogP contribution is -2.02. The fourth-order valence-electron chi connectivity index (χ4n) is 1.53. The number of aromatic nitrogens is 1. The zero-order chi connectivity index (χ0) is 12.1. The van der Waals surface area contributed by atoms with Gasteiger partial charge in [0.1, 0.15) is 11.6 Å². The molecular formula is C13H14N2OS. The van der Waals surface area contributed by atoms with Crippen molar-refractivity contribution >= 4 is 18.4 Å². The van der Waals surface area contributed by atoms with Crippen LogP contribution in [0.2, 0.25) is 0 Å². The molecule has 1 heterocycles. The number of ether oxygens (including phenoxy) is 1. The summed E-state index contributed by atoms with van der Waals surface area (Å²) in [6.07, 6.45) is 1.72. The van der Waals surface area contributed by atoms with Crippen LogP contribution in [-0.2, 0) is 6.54 Å². The van der Waals surface area contributed by atoms with E-state index >= 15 is 0 Å². The minimum Gasteiger partial charge on any atom is -0.496 e. The van der Waals surface area contributed by atoms with Gasteiger partial charge in [-0.25, -0.2) is 4.98 Å². The second-order valence-electron chi connectivity index (χ2n) is 3.57. The SMILES string of the molecule is COc1ccccc1CNc1ccc(S)cn1. The first kappa shape index (κ1) is 11.8. The Labute approximate surface area is 106 Å². The van der Waals surface area contributed by atoms with Gasteiger partial charge in [0.25, 0.3) is 0 Å². The Morgan fingerprint density at radius 3 is 2.76 bits per heavy atom. The number of para-hydroxylation sites is 1. The fourth-order valence-corrected chi connectivity index (χ4v) is 1.66. The molecule has 0 unspecified atom stereocenters. The predicted octanol–water partition coefficient (Wildman–Crippen LogP) is 2.99. The van der Waals surface area contributed by atoms with Crippen LogP contribution in [0, 0.1) is 0 Å². The molecule has 3 nitrogen and oxygen atoms in total. The lowest BCUT2D eigenvalue weighted by Gasteiger charge is -2.09. The van der Waals surface area contributed by atoms with Crippen molar-refractivity contribution in [2.45, 2.75) is 11.4 Å². The molecule has 88 valence electrons. The Bertz CT molecular complexity index is 485. The first-order valence-corrected chi connectivity index (χ1v) is 5.75. The van der Waals surface area contributed by atoms with Crippen molar-refractivity contribution in [2.24, 2.45) is 0 Å². The standard InChI is InChI=1S/C13H14N2OS/c1-16-12-5-3-2-4-10(12)8-14-13-7-6-11(17)9-15-13/h2-7,9,17H,8H2,1H3,(H,14,15). The zero-order valence-corrected chi connectivity index (χ0v) is 10.4. The normalized spacial score (nSPS) is 10.0. The molecule has 1 N–H and O–H groups in total. The summed E-state index contributed by atoms with van der Waals surface area (Å²) in [6, 6.07) is 11.7. The van der Waals surface area contributed by atoms with E-state index in [0.29, 0.717) is 6.54 Å². The molecular weight excluding hydrogens is 232 g/mol. The third kappa shape index (κ3) is 3.14. The maximum absolute atomic E-state index is 5.28. The average molecular weight is 246 g/mol. The number of benzene rings is 1. The van der Waals surface area contributed by atoms with Gasteiger partial charge in [0.05, 0.1) is 7.11 Å². The minimum atomic E-state index is 0.683. The van der Waals surface area contributed by atoms with Crippen LogP contribution < -0.4 is 10.1 Å². The van der Waals surface area contributed by atoms with E-state index < -0.39 is 0 Å². The van der Waals surface area contributed by atoms with Crippen LogP contribution in [0.5, 0.6) is 5.75 Å². The van der Waals surface area contributed by atoms with Crippen LogP contribution in [0.25, 0.3) is 0 Å². The Kier molecular flexibility index (Phi) is 3.88. The average Bonchev–Trinajstić information content (AvgIpc) is 2.38. The van der Waals surface area contributed by atoms with Crippen molar-refractivity contribution in [1.29, 1.82) is 0 Å². The van der Waals surface area contributed by atoms with Gasteiger partial charge in [-0.2, -0.15) is 0 Å². The molecule has 0 radical (unpaired) electrons. The Hall–Kier alpha value is -1.68. The second kappa shape index (κ2) is 5.59. The number of anilines is 1. The van der Waals surface area contributed by atoms with Crippen molar-refractivity contribution < 1.29 is 4.74 Å². The van der Waals surface area contributed by atoms with Crippen LogP contribution in [0.4, 0.5) is 5.82 Å². The number of methoxy groups -OCH3 is 1. The highest BCUT2D eigenvalue weighted by Crippen LogP contribution is 2.18. The molecule has 0 amide bonds. The van der Waals surface area contributed by atoms with Gasteiger partial charge in [0.2, 0.25) is 0 Å². The van der Waals surface area contributed by atoms with E-state index in [1.165, 1.54) is 0 Å². The van der Waals surface area contributed by atoms with Gasteiger partial charge in [0.15, 0.2) is 0 Å². The summed E-state index contributed by atoms with van der Waals surface area (Å²) in [5.41, 5.74) is 1.10. The Balaban J connectivity index is 2.04. The predicted molar refractivity (Wildman–Crippen MR) is 71.8 cm³/mol. The molecule has 2 rings (SSSR count). The van der Waals surface area contributed by atoms with Crippen molar-refractivity contribution in [3.8, 4) is 5.75 Å². The van der Waals surface area contributed by atoms with Crippen molar-refractivity contribution in [3.05, 3.63) is 48.2 Å². The third-order valence-corrected chi connectivity index (χ3v) is 2.66. The Morgan fingerprint density at radius 2 is 2.06 bits per heavy atom. The number of pyridine rings is 1. The molecule has 0 aliphatic rings. The van der Waals surface area contributed by atoms with Crippen LogP contribution in [0.15, 0.2) is 47.5 Å². The van der Waals surface area contributed by atoms with Crippen LogP contribution in [-0.4, -0.2) is 12.1 Å². The summed E-state index contributed by atoms with van der Waals surface area (Å²) in [6.45, 7) is 0.683. The molecule has 0 aliphatic carbocycles. The van der Waals surface area contributed by atoms with E-state index in [9.17, 15) is 0 Å². The number of nitrogens with one attached hydrogen (secondary N) is 1. The van der Waals surface area contributed by atoms with Gasteiger partial charge in [-0.3, -0.25) is 0 Å². The molecule has 0 saturated carbocycles. The maximum Gasteiger partial charge on any atom is 0.126 e. The number of nitrogens with zero attached hydrogens (tertiary/aromatic N) is 1. The van der Waals surface area contributed by atoms with Gasteiger partial charge in [0, 0.05) is 23.2 Å². The van der Waals surface area contributed by atoms with E-state index in [-0.39, 0.29) is 0 Å². The summed E-state index contributed by atoms with van der Waals surface area (Å²) >= 11 is 4.19. The molecule has 17 heavy (non-hydrogen) atoms. The summed E-state index contributed by atoms with van der Waals surface area (Å²) in [7, 11) is 1.67. The highest BCUT2D eigenvalue weighted by Gasteiger charge is 2.01. The van der Waals surface area contributed by atoms with Crippen molar-refractivity contribution in [2.75, 3.05) is 12.4 Å². The lowest BCUT2D eigenvalue weighted by atomic mass is 10.2. The molecule has 0 aliphatic heterocycles. The zero-order valence-electron chi connectivity index (χ0n) is 9.55. The number of thiol groups is 1. The molecule has 0 bridgehead atoms. The maximum atomic E-state index is 5.28. The minimum absolute atomic E-state index is 0.683. The van der Waals surface area contributed by atoms with Gasteiger partial charge >= 0.3 is 0 Å². The van der Waals surface area contributed by atoms with Gasteiger partial charge in [-0.05, 0) is 18.2 Å². The van der Waals surface area contributed by atoms with Gasteiger partial charge in [-0.15, -0.1) is 12.6 Å². The number of hydrogen-bond donors (Lipinski definition) is 2. The molecule has 1 aromatic heterocycles. The first-order valence-electron chi connectivity index (χ1n) is 5.30. The largest absolute Gasteiger partial charge is 0.496 e. The molecule has 0 spiro atoms. The van der Waals surface area contributed by atoms with E-state index in [1.54, 1.807) is 13.3 Å². The van der Waals surface area contributed by atoms with E-state index in [0.717, 1.165) is 22.0 Å². The third-order valence-electron chi connectivity index (χ3n) is 2.40. The number of rotatable bonds is 4. The summed E-state index contributed by atoms with van der Waals surface area (Å²) in [5, 5.41) is 3.24. The van der Waals surface area contributed by atoms with E-state index in [1.807, 2.05) is 36.4 Å². The monoisotopic (exact) mass is 246 g/mol. The molecule has 0 atom stereocenters. The van der Waals surface area contributed by atoms with Gasteiger partial charge < -0.3 is 10.1 Å². The number of hydrogen-bond acceptors (Lipinski definition) is 4. The fraction of sp³-hybridized carbons (Fsp3) is 0.154. The summed E-state index contributed by atoms with van der Waals surface area (Å²) in [4.78, 5) is 5.08. The highest BCUT2D eigenvalue weighted by atomic mass is 32.1. The summed E-state index contributed by atoms with van der Waals surface area (Å²) in [5.74, 6) is 1.71. The quantitative estimate of drug-likeness (QED) is 0.814. The van der Waals surface area contributed by atoms with E-state index in [4.69, 9.17) is 4.74 Å². The Morgan fingerprint density at radius 1 is 1.24 bits per heavy atom.